The Kier molecular flexibility index (Phi) is 7.05. The summed E-state index contributed by atoms with van der Waals surface area (Å²) in [5.41, 5.74) is 1.96. The molecule has 1 aromatic heterocycles. The van der Waals surface area contributed by atoms with E-state index >= 15 is 0 Å². The van der Waals surface area contributed by atoms with Crippen molar-refractivity contribution in [2.75, 3.05) is 31.7 Å². The summed E-state index contributed by atoms with van der Waals surface area (Å²) in [4.78, 5) is 15.5. The maximum absolute atomic E-state index is 11.5. The minimum Gasteiger partial charge on any atom is -0.461 e. The Balaban J connectivity index is 2.31. The van der Waals surface area contributed by atoms with E-state index in [-0.39, 0.29) is 0 Å². The average Bonchev–Trinajstić information content (AvgIpc) is 2.82. The maximum Gasteiger partial charge on any atom is 0.360 e. The van der Waals surface area contributed by atoms with Gasteiger partial charge in [-0.3, -0.25) is 0 Å². The number of anilines is 1. The number of nitrogens with zero attached hydrogens (tertiary/aromatic N) is 1. The molecule has 5 nitrogen and oxygen atoms in total. The van der Waals surface area contributed by atoms with Crippen molar-refractivity contribution in [1.82, 2.24) is 4.98 Å². The van der Waals surface area contributed by atoms with Crippen LogP contribution in [0, 0.1) is 0 Å². The van der Waals surface area contributed by atoms with Crippen LogP contribution in [0.5, 0.6) is 0 Å². The van der Waals surface area contributed by atoms with E-state index < -0.39 is 5.97 Å². The first-order valence-corrected chi connectivity index (χ1v) is 6.70. The molecule has 0 saturated carbocycles. The molecule has 0 aliphatic carbocycles. The molecular weight excluding hydrogens is 252 g/mol. The number of esters is 1. The number of aromatic nitrogens is 1. The van der Waals surface area contributed by atoms with E-state index in [2.05, 4.69) is 16.9 Å². The quantitative estimate of drug-likeness (QED) is 0.424. The summed E-state index contributed by atoms with van der Waals surface area (Å²) >= 11 is 1.38. The molecule has 0 bridgehead atoms. The molecule has 6 heteroatoms. The Morgan fingerprint density at radius 3 is 3.17 bits per heavy atom. The first kappa shape index (κ1) is 14.7. The van der Waals surface area contributed by atoms with Gasteiger partial charge in [0.2, 0.25) is 0 Å². The van der Waals surface area contributed by atoms with Gasteiger partial charge in [-0.15, -0.1) is 17.9 Å². The highest BCUT2D eigenvalue weighted by atomic mass is 32.1. The highest BCUT2D eigenvalue weighted by molar-refractivity contribution is 7.14. The minimum absolute atomic E-state index is 0.341. The molecule has 0 amide bonds. The van der Waals surface area contributed by atoms with Crippen molar-refractivity contribution in [3.8, 4) is 0 Å². The lowest BCUT2D eigenvalue weighted by atomic mass is 10.4. The first-order valence-electron chi connectivity index (χ1n) is 5.82. The lowest BCUT2D eigenvalue weighted by Crippen LogP contribution is -2.13. The van der Waals surface area contributed by atoms with Gasteiger partial charge in [-0.2, -0.15) is 0 Å². The van der Waals surface area contributed by atoms with Crippen LogP contribution in [0.15, 0.2) is 18.2 Å². The molecule has 0 saturated heterocycles. The third-order valence-electron chi connectivity index (χ3n) is 2.03. The zero-order valence-corrected chi connectivity index (χ0v) is 11.3. The fraction of sp³-hybridized carbons (Fsp3) is 0.500. The predicted octanol–water partition coefficient (Wildman–Crippen LogP) is 2.32. The fourth-order valence-electron chi connectivity index (χ4n) is 1.22. The second kappa shape index (κ2) is 8.66. The highest BCUT2D eigenvalue weighted by Gasteiger charge is 2.15. The van der Waals surface area contributed by atoms with E-state index in [4.69, 9.17) is 9.47 Å². The number of ether oxygens (including phenoxy) is 2. The topological polar surface area (TPSA) is 60.5 Å². The summed E-state index contributed by atoms with van der Waals surface area (Å²) in [6.45, 7) is 7.60. The summed E-state index contributed by atoms with van der Waals surface area (Å²) in [7, 11) is 0. The molecular formula is C12H18N2O3S. The number of rotatable bonds is 9. The fourth-order valence-corrected chi connectivity index (χ4v) is 1.92. The van der Waals surface area contributed by atoms with Crippen LogP contribution >= 0.6 is 11.3 Å². The van der Waals surface area contributed by atoms with Crippen LogP contribution in [-0.2, 0) is 9.47 Å². The summed E-state index contributed by atoms with van der Waals surface area (Å²) < 4.78 is 10.3. The third kappa shape index (κ3) is 4.85. The van der Waals surface area contributed by atoms with Gasteiger partial charge in [-0.25, -0.2) is 9.78 Å². The van der Waals surface area contributed by atoms with Gasteiger partial charge in [0.15, 0.2) is 5.69 Å². The van der Waals surface area contributed by atoms with Gasteiger partial charge in [0.25, 0.3) is 0 Å². The molecule has 100 valence electrons. The first-order chi connectivity index (χ1) is 8.79. The largest absolute Gasteiger partial charge is 0.461 e. The van der Waals surface area contributed by atoms with E-state index in [0.29, 0.717) is 32.1 Å². The average molecular weight is 270 g/mol. The second-order valence-corrected chi connectivity index (χ2v) is 4.22. The lowest BCUT2D eigenvalue weighted by Gasteiger charge is -2.06. The maximum atomic E-state index is 11.5. The number of carbonyl (C=O) groups excluding carboxylic acids is 1. The molecule has 0 aromatic carbocycles. The molecule has 0 aliphatic rings. The van der Waals surface area contributed by atoms with Gasteiger partial charge in [-0.1, -0.05) is 6.08 Å². The van der Waals surface area contributed by atoms with E-state index in [1.54, 1.807) is 12.4 Å². The van der Waals surface area contributed by atoms with Crippen molar-refractivity contribution in [3.63, 3.8) is 0 Å². The molecule has 0 atom stereocenters. The summed E-state index contributed by atoms with van der Waals surface area (Å²) in [5.74, 6) is -0.395. The number of nitrogens with one attached hydrogen (secondary N) is 1. The van der Waals surface area contributed by atoms with Crippen LogP contribution in [0.1, 0.15) is 23.8 Å². The van der Waals surface area contributed by atoms with Gasteiger partial charge in [0, 0.05) is 6.54 Å². The Labute approximate surface area is 111 Å². The van der Waals surface area contributed by atoms with E-state index in [1.165, 1.54) is 11.3 Å². The van der Waals surface area contributed by atoms with Crippen LogP contribution in [0.2, 0.25) is 0 Å². The zero-order valence-electron chi connectivity index (χ0n) is 10.5. The van der Waals surface area contributed by atoms with Crippen LogP contribution in [0.4, 0.5) is 5.00 Å². The Morgan fingerprint density at radius 1 is 1.61 bits per heavy atom. The Bertz CT molecular complexity index is 379. The molecule has 0 radical (unpaired) electrons. The third-order valence-corrected chi connectivity index (χ3v) is 2.82. The summed E-state index contributed by atoms with van der Waals surface area (Å²) in [6.07, 6.45) is 2.66. The second-order valence-electron chi connectivity index (χ2n) is 3.37. The number of thiazole rings is 1. The molecule has 0 spiro atoms. The van der Waals surface area contributed by atoms with E-state index in [0.717, 1.165) is 11.4 Å². The smallest absolute Gasteiger partial charge is 0.360 e. The standard InChI is InChI=1S/C12H18N2O3S/c1-3-5-7-16-8-6-13-11-10(14-9-18-11)12(15)17-4-2/h3,9,13H,1,4-8H2,2H3. The van der Waals surface area contributed by atoms with Crippen molar-refractivity contribution in [3.05, 3.63) is 23.9 Å². The van der Waals surface area contributed by atoms with Gasteiger partial charge in [0.1, 0.15) is 5.00 Å². The van der Waals surface area contributed by atoms with E-state index in [1.807, 2.05) is 6.08 Å². The van der Waals surface area contributed by atoms with Crippen molar-refractivity contribution < 1.29 is 14.3 Å². The summed E-state index contributed by atoms with van der Waals surface area (Å²) in [5, 5.41) is 3.84. The minimum atomic E-state index is -0.395. The van der Waals surface area contributed by atoms with Crippen molar-refractivity contribution in [2.45, 2.75) is 13.3 Å². The van der Waals surface area contributed by atoms with Crippen molar-refractivity contribution in [2.24, 2.45) is 0 Å². The molecule has 1 N–H and O–H groups in total. The number of hydrogen-bond acceptors (Lipinski definition) is 6. The van der Waals surface area contributed by atoms with Crippen LogP contribution < -0.4 is 5.32 Å². The molecule has 18 heavy (non-hydrogen) atoms. The van der Waals surface area contributed by atoms with E-state index in [9.17, 15) is 4.79 Å². The summed E-state index contributed by atoms with van der Waals surface area (Å²) in [6, 6.07) is 0. The molecule has 0 unspecified atom stereocenters. The molecule has 0 fully saturated rings. The normalized spacial score (nSPS) is 10.1. The van der Waals surface area contributed by atoms with Crippen LogP contribution in [0.3, 0.4) is 0 Å². The van der Waals surface area contributed by atoms with Crippen molar-refractivity contribution >= 4 is 22.3 Å². The van der Waals surface area contributed by atoms with Crippen molar-refractivity contribution in [1.29, 1.82) is 0 Å². The zero-order chi connectivity index (χ0) is 13.2. The monoisotopic (exact) mass is 270 g/mol. The van der Waals surface area contributed by atoms with Gasteiger partial charge in [-0.05, 0) is 13.3 Å². The van der Waals surface area contributed by atoms with Gasteiger partial charge >= 0.3 is 5.97 Å². The number of carbonyl (C=O) groups is 1. The number of hydrogen-bond donors (Lipinski definition) is 1. The van der Waals surface area contributed by atoms with Crippen LogP contribution in [-0.4, -0.2) is 37.3 Å². The SMILES string of the molecule is C=CCCOCCNc1scnc1C(=O)OCC. The van der Waals surface area contributed by atoms with Crippen LogP contribution in [0.25, 0.3) is 0 Å². The molecule has 1 rings (SSSR count). The Hall–Kier alpha value is -1.40. The molecule has 1 heterocycles. The predicted molar refractivity (Wildman–Crippen MR) is 72.2 cm³/mol. The van der Waals surface area contributed by atoms with Gasteiger partial charge in [0.05, 0.1) is 25.3 Å². The Morgan fingerprint density at radius 2 is 2.44 bits per heavy atom. The van der Waals surface area contributed by atoms with Gasteiger partial charge < -0.3 is 14.8 Å². The molecule has 0 aliphatic heterocycles. The molecule has 1 aromatic rings. The highest BCUT2D eigenvalue weighted by Crippen LogP contribution is 2.20. The lowest BCUT2D eigenvalue weighted by molar-refractivity contribution is 0.0521.